The van der Waals surface area contributed by atoms with Gasteiger partial charge in [-0.2, -0.15) is 0 Å². The summed E-state index contributed by atoms with van der Waals surface area (Å²) in [7, 11) is 0. The van der Waals surface area contributed by atoms with Crippen molar-refractivity contribution in [3.05, 3.63) is 65.0 Å². The number of fused-ring (bicyclic) bond motifs is 1. The van der Waals surface area contributed by atoms with Gasteiger partial charge in [0.05, 0.1) is 5.41 Å². The number of rotatable bonds is 3. The van der Waals surface area contributed by atoms with Crippen LogP contribution in [-0.4, -0.2) is 33.5 Å². The number of aromatic nitrogens is 1. The van der Waals surface area contributed by atoms with Crippen LogP contribution in [0.3, 0.4) is 0 Å². The predicted octanol–water partition coefficient (Wildman–Crippen LogP) is 2.11. The number of benzene rings is 1. The Balaban J connectivity index is 1.52. The average molecular weight is 351 g/mol. The first-order valence-corrected chi connectivity index (χ1v) is 8.86. The summed E-state index contributed by atoms with van der Waals surface area (Å²) in [6.45, 7) is 1.41. The van der Waals surface area contributed by atoms with Gasteiger partial charge in [0.25, 0.3) is 5.91 Å². The number of carbonyl (C=O) groups excluding carboxylic acids is 2. The summed E-state index contributed by atoms with van der Waals surface area (Å²) in [6, 6.07) is 9.34. The number of carbonyl (C=O) groups is 2. The average Bonchev–Trinajstić information content (AvgIpc) is 2.97. The summed E-state index contributed by atoms with van der Waals surface area (Å²) in [4.78, 5) is 30.7. The molecule has 0 bridgehead atoms. The lowest BCUT2D eigenvalue weighted by Crippen LogP contribution is -2.38. The minimum atomic E-state index is -0.506. The highest BCUT2D eigenvalue weighted by atomic mass is 16.5. The highest BCUT2D eigenvalue weighted by Crippen LogP contribution is 2.44. The third-order valence-electron chi connectivity index (χ3n) is 5.70. The monoisotopic (exact) mass is 351 g/mol. The van der Waals surface area contributed by atoms with Crippen LogP contribution in [0, 0.1) is 5.41 Å². The van der Waals surface area contributed by atoms with E-state index in [1.807, 2.05) is 29.2 Å². The maximum atomic E-state index is 13.1. The molecule has 1 atom stereocenters. The number of aryl methyl sites for hydroxylation is 1. The fraction of sp³-hybridized carbons (Fsp3) is 0.350. The van der Waals surface area contributed by atoms with Crippen LogP contribution >= 0.6 is 0 Å². The van der Waals surface area contributed by atoms with E-state index >= 15 is 0 Å². The van der Waals surface area contributed by atoms with Crippen molar-refractivity contribution in [2.75, 3.05) is 6.54 Å². The van der Waals surface area contributed by atoms with Crippen molar-refractivity contribution >= 4 is 11.8 Å². The molecule has 1 saturated heterocycles. The Morgan fingerprint density at radius 3 is 2.77 bits per heavy atom. The Kier molecular flexibility index (Phi) is 4.20. The summed E-state index contributed by atoms with van der Waals surface area (Å²) in [5.74, 6) is -0.273. The Morgan fingerprint density at radius 2 is 2.00 bits per heavy atom. The minimum Gasteiger partial charge on any atom is -0.338 e. The summed E-state index contributed by atoms with van der Waals surface area (Å²) in [5, 5.41) is 8.79. The Labute approximate surface area is 151 Å². The van der Waals surface area contributed by atoms with Gasteiger partial charge in [-0.15, -0.1) is 0 Å². The molecule has 4 rings (SSSR count). The van der Waals surface area contributed by atoms with Crippen LogP contribution in [0.25, 0.3) is 0 Å². The number of amides is 2. The van der Waals surface area contributed by atoms with Crippen LogP contribution in [0.2, 0.25) is 0 Å². The lowest BCUT2D eigenvalue weighted by Gasteiger charge is -2.33. The van der Waals surface area contributed by atoms with Gasteiger partial charge >= 0.3 is 0 Å². The van der Waals surface area contributed by atoms with Crippen LogP contribution in [0.1, 0.15) is 39.9 Å². The highest BCUT2D eigenvalue weighted by molar-refractivity contribution is 5.93. The molecule has 0 radical (unpaired) electrons. The summed E-state index contributed by atoms with van der Waals surface area (Å²) in [5.41, 5.74) is 5.12. The summed E-state index contributed by atoms with van der Waals surface area (Å²) in [6.07, 6.45) is 6.67. The molecule has 2 aromatic rings. The smallest absolute Gasteiger partial charge is 0.274 e. The predicted molar refractivity (Wildman–Crippen MR) is 94.4 cm³/mol. The molecule has 1 aromatic carbocycles. The van der Waals surface area contributed by atoms with Crippen molar-refractivity contribution in [3.63, 3.8) is 0 Å². The van der Waals surface area contributed by atoms with Gasteiger partial charge in [0.1, 0.15) is 0 Å². The van der Waals surface area contributed by atoms with E-state index in [1.165, 1.54) is 0 Å². The lowest BCUT2D eigenvalue weighted by atomic mass is 9.70. The van der Waals surface area contributed by atoms with E-state index in [0.29, 0.717) is 12.1 Å². The Hall–Kier alpha value is -2.73. The lowest BCUT2D eigenvalue weighted by molar-refractivity contribution is -0.137. The van der Waals surface area contributed by atoms with Gasteiger partial charge in [0, 0.05) is 31.0 Å². The second-order valence-corrected chi connectivity index (χ2v) is 7.21. The maximum absolute atomic E-state index is 13.1. The molecule has 1 spiro atoms. The molecule has 2 amide bonds. The Morgan fingerprint density at radius 1 is 1.19 bits per heavy atom. The van der Waals surface area contributed by atoms with Crippen molar-refractivity contribution in [1.82, 2.24) is 15.4 Å². The highest BCUT2D eigenvalue weighted by Gasteiger charge is 2.47. The van der Waals surface area contributed by atoms with Crippen molar-refractivity contribution in [2.24, 2.45) is 5.41 Å². The van der Waals surface area contributed by atoms with Gasteiger partial charge in [0.15, 0.2) is 0 Å². The molecule has 1 aromatic heterocycles. The molecule has 6 nitrogen and oxygen atoms in total. The number of nitrogens with one attached hydrogen (secondary N) is 1. The quantitative estimate of drug-likeness (QED) is 0.655. The number of hydrogen-bond acceptors (Lipinski definition) is 4. The van der Waals surface area contributed by atoms with Crippen LogP contribution < -0.4 is 5.48 Å². The van der Waals surface area contributed by atoms with E-state index in [-0.39, 0.29) is 11.3 Å². The third-order valence-corrected chi connectivity index (χ3v) is 5.70. The maximum Gasteiger partial charge on any atom is 0.274 e. The van der Waals surface area contributed by atoms with Crippen molar-refractivity contribution in [1.29, 1.82) is 0 Å². The van der Waals surface area contributed by atoms with E-state index in [9.17, 15) is 9.59 Å². The molecule has 1 aliphatic carbocycles. The van der Waals surface area contributed by atoms with Gasteiger partial charge < -0.3 is 4.90 Å². The standard InChI is InChI=1S/C20H21N3O3/c24-18(22-26)16-1-2-17-12-20(6-3-15(17)11-16)7-10-23(19(20)25)13-14-4-8-21-9-5-14/h1-2,4-5,8-9,11,26H,3,6-7,10,12-13H2,(H,22,24)/t20-/m1/s1. The van der Waals surface area contributed by atoms with Crippen LogP contribution in [0.15, 0.2) is 42.7 Å². The molecule has 2 N–H and O–H groups in total. The fourth-order valence-electron chi connectivity index (χ4n) is 4.21. The molecule has 2 aliphatic rings. The fourth-order valence-corrected chi connectivity index (χ4v) is 4.21. The van der Waals surface area contributed by atoms with Gasteiger partial charge in [-0.1, -0.05) is 6.07 Å². The molecule has 134 valence electrons. The van der Waals surface area contributed by atoms with Crippen LogP contribution in [-0.2, 0) is 24.2 Å². The molecule has 0 unspecified atom stereocenters. The number of nitrogens with zero attached hydrogens (tertiary/aromatic N) is 2. The molecular weight excluding hydrogens is 330 g/mol. The van der Waals surface area contributed by atoms with E-state index in [0.717, 1.165) is 48.9 Å². The molecule has 26 heavy (non-hydrogen) atoms. The zero-order valence-electron chi connectivity index (χ0n) is 14.4. The molecule has 1 fully saturated rings. The molecular formula is C20H21N3O3. The topological polar surface area (TPSA) is 82.5 Å². The van der Waals surface area contributed by atoms with Gasteiger partial charge in [0.2, 0.25) is 5.91 Å². The molecule has 1 aliphatic heterocycles. The Bertz CT molecular complexity index is 853. The van der Waals surface area contributed by atoms with Gasteiger partial charge in [-0.25, -0.2) is 5.48 Å². The van der Waals surface area contributed by atoms with E-state index in [4.69, 9.17) is 5.21 Å². The van der Waals surface area contributed by atoms with Crippen molar-refractivity contribution in [3.8, 4) is 0 Å². The zero-order chi connectivity index (χ0) is 18.1. The van der Waals surface area contributed by atoms with Gasteiger partial charge in [-0.05, 0) is 66.6 Å². The second kappa shape index (κ2) is 6.53. The van der Waals surface area contributed by atoms with Gasteiger partial charge in [-0.3, -0.25) is 19.8 Å². The first-order valence-electron chi connectivity index (χ1n) is 8.86. The number of pyridine rings is 1. The van der Waals surface area contributed by atoms with Crippen LogP contribution in [0.5, 0.6) is 0 Å². The largest absolute Gasteiger partial charge is 0.338 e. The summed E-state index contributed by atoms with van der Waals surface area (Å²) >= 11 is 0. The minimum absolute atomic E-state index is 0.233. The number of hydroxylamine groups is 1. The first-order chi connectivity index (χ1) is 12.6. The number of hydrogen-bond donors (Lipinski definition) is 2. The normalized spacial score (nSPS) is 21.7. The molecule has 6 heteroatoms. The zero-order valence-corrected chi connectivity index (χ0v) is 14.4. The van der Waals surface area contributed by atoms with E-state index in [1.54, 1.807) is 23.9 Å². The van der Waals surface area contributed by atoms with E-state index < -0.39 is 5.91 Å². The molecule has 0 saturated carbocycles. The molecule has 2 heterocycles. The van der Waals surface area contributed by atoms with E-state index in [2.05, 4.69) is 4.98 Å². The first kappa shape index (κ1) is 16.7. The van der Waals surface area contributed by atoms with Crippen molar-refractivity contribution in [2.45, 2.75) is 32.2 Å². The third kappa shape index (κ3) is 2.86. The SMILES string of the molecule is O=C(NO)c1ccc2c(c1)CC[C@@]1(CCN(Cc3ccncc3)C1=O)C2. The second-order valence-electron chi connectivity index (χ2n) is 7.21. The summed E-state index contributed by atoms with van der Waals surface area (Å²) < 4.78 is 0. The number of likely N-dealkylation sites (tertiary alicyclic amines) is 1. The van der Waals surface area contributed by atoms with Crippen LogP contribution in [0.4, 0.5) is 0 Å². The van der Waals surface area contributed by atoms with Crippen molar-refractivity contribution < 1.29 is 14.8 Å².